The van der Waals surface area contributed by atoms with Crippen LogP contribution in [-0.2, 0) is 0 Å². The minimum absolute atomic E-state index is 0.465. The molecule has 1 saturated carbocycles. The normalized spacial score (nSPS) is 17.8. The van der Waals surface area contributed by atoms with Crippen molar-refractivity contribution >= 4 is 5.69 Å². The van der Waals surface area contributed by atoms with Gasteiger partial charge in [-0.2, -0.15) is 5.26 Å². The van der Waals surface area contributed by atoms with Gasteiger partial charge in [0, 0.05) is 24.8 Å². The highest BCUT2D eigenvalue weighted by Gasteiger charge is 2.33. The number of benzene rings is 1. The van der Waals surface area contributed by atoms with Crippen LogP contribution in [0.15, 0.2) is 30.3 Å². The van der Waals surface area contributed by atoms with Gasteiger partial charge in [0.15, 0.2) is 0 Å². The first kappa shape index (κ1) is 12.9. The van der Waals surface area contributed by atoms with E-state index in [1.165, 1.54) is 18.5 Å². The van der Waals surface area contributed by atoms with Crippen molar-refractivity contribution in [1.82, 2.24) is 5.32 Å². The van der Waals surface area contributed by atoms with E-state index in [1.54, 1.807) is 0 Å². The third kappa shape index (κ3) is 3.24. The number of hydrogen-bond donors (Lipinski definition) is 1. The summed E-state index contributed by atoms with van der Waals surface area (Å²) in [7, 11) is 0. The number of anilines is 1. The molecule has 1 aromatic rings. The Labute approximate surface area is 109 Å². The highest BCUT2D eigenvalue weighted by molar-refractivity contribution is 5.46. The zero-order valence-electron chi connectivity index (χ0n) is 11.2. The smallest absolute Gasteiger partial charge is 0.121 e. The topological polar surface area (TPSA) is 39.1 Å². The van der Waals surface area contributed by atoms with Crippen LogP contribution in [0.25, 0.3) is 0 Å². The van der Waals surface area contributed by atoms with Crippen LogP contribution in [0, 0.1) is 11.3 Å². The molecule has 1 atom stereocenters. The fourth-order valence-electron chi connectivity index (χ4n) is 2.20. The molecule has 0 saturated heterocycles. The van der Waals surface area contributed by atoms with Crippen LogP contribution in [-0.4, -0.2) is 24.7 Å². The molecule has 1 fully saturated rings. The second kappa shape index (κ2) is 5.41. The summed E-state index contributed by atoms with van der Waals surface area (Å²) in [6.07, 6.45) is 2.41. The summed E-state index contributed by atoms with van der Waals surface area (Å²) in [6, 6.07) is 13.3. The van der Waals surface area contributed by atoms with E-state index in [0.29, 0.717) is 6.04 Å². The van der Waals surface area contributed by atoms with Crippen molar-refractivity contribution in [2.45, 2.75) is 38.3 Å². The zero-order valence-corrected chi connectivity index (χ0v) is 11.2. The quantitative estimate of drug-likeness (QED) is 0.834. The molecule has 1 N–H and O–H groups in total. The summed E-state index contributed by atoms with van der Waals surface area (Å²) in [5.41, 5.74) is 0.714. The predicted molar refractivity (Wildman–Crippen MR) is 74.5 cm³/mol. The number of nitriles is 1. The Morgan fingerprint density at radius 3 is 2.56 bits per heavy atom. The Hall–Kier alpha value is -1.53. The lowest BCUT2D eigenvalue weighted by Crippen LogP contribution is -2.51. The fraction of sp³-hybridized carbons (Fsp3) is 0.533. The molecular formula is C15H21N3. The number of hydrogen-bond acceptors (Lipinski definition) is 3. The maximum absolute atomic E-state index is 9.41. The maximum Gasteiger partial charge on any atom is 0.121 e. The number of rotatable bonds is 6. The largest absolute Gasteiger partial charge is 0.369 e. The van der Waals surface area contributed by atoms with Crippen LogP contribution >= 0.6 is 0 Å². The second-order valence-corrected chi connectivity index (χ2v) is 5.21. The lowest BCUT2D eigenvalue weighted by molar-refractivity contribution is 0.440. The Morgan fingerprint density at radius 1 is 1.39 bits per heavy atom. The molecule has 0 aliphatic heterocycles. The predicted octanol–water partition coefficient (Wildman–Crippen LogP) is 2.55. The fourth-order valence-corrected chi connectivity index (χ4v) is 2.20. The van der Waals surface area contributed by atoms with E-state index in [9.17, 15) is 5.26 Å². The molecule has 0 spiro atoms. The van der Waals surface area contributed by atoms with E-state index >= 15 is 0 Å². The van der Waals surface area contributed by atoms with Crippen molar-refractivity contribution in [3.05, 3.63) is 30.3 Å². The monoisotopic (exact) mass is 243 g/mol. The zero-order chi connectivity index (χ0) is 13.0. The number of nitrogens with zero attached hydrogens (tertiary/aromatic N) is 2. The molecule has 0 aromatic heterocycles. The Bertz CT molecular complexity index is 419. The SMILES string of the molecule is CCN(CC(C)(C#N)NC1CC1)c1ccccc1. The molecule has 1 unspecified atom stereocenters. The van der Waals surface area contributed by atoms with Gasteiger partial charge >= 0.3 is 0 Å². The third-order valence-corrected chi connectivity index (χ3v) is 3.36. The van der Waals surface area contributed by atoms with E-state index in [4.69, 9.17) is 0 Å². The van der Waals surface area contributed by atoms with E-state index in [-0.39, 0.29) is 0 Å². The van der Waals surface area contributed by atoms with Crippen molar-refractivity contribution in [2.24, 2.45) is 0 Å². The summed E-state index contributed by atoms with van der Waals surface area (Å²) in [5.74, 6) is 0. The Morgan fingerprint density at radius 2 is 2.06 bits per heavy atom. The van der Waals surface area contributed by atoms with E-state index in [1.807, 2.05) is 25.1 Å². The summed E-state index contributed by atoms with van der Waals surface area (Å²) in [6.45, 7) is 5.76. The molecule has 1 aromatic carbocycles. The van der Waals surface area contributed by atoms with Crippen LogP contribution in [0.3, 0.4) is 0 Å². The molecule has 2 rings (SSSR count). The van der Waals surface area contributed by atoms with Gasteiger partial charge in [-0.1, -0.05) is 18.2 Å². The number of likely N-dealkylation sites (N-methyl/N-ethyl adjacent to an activating group) is 1. The van der Waals surface area contributed by atoms with Crippen molar-refractivity contribution in [3.63, 3.8) is 0 Å². The second-order valence-electron chi connectivity index (χ2n) is 5.21. The van der Waals surface area contributed by atoms with Crippen molar-refractivity contribution < 1.29 is 0 Å². The van der Waals surface area contributed by atoms with Gasteiger partial charge < -0.3 is 4.90 Å². The van der Waals surface area contributed by atoms with E-state index in [2.05, 4.69) is 35.3 Å². The van der Waals surface area contributed by atoms with Gasteiger partial charge in [0.25, 0.3) is 0 Å². The molecule has 1 aliphatic carbocycles. The molecule has 0 radical (unpaired) electrons. The van der Waals surface area contributed by atoms with Gasteiger partial charge in [0.1, 0.15) is 5.54 Å². The Kier molecular flexibility index (Phi) is 3.88. The molecule has 3 nitrogen and oxygen atoms in total. The van der Waals surface area contributed by atoms with Crippen molar-refractivity contribution in [1.29, 1.82) is 5.26 Å². The van der Waals surface area contributed by atoms with Crippen LogP contribution in [0.1, 0.15) is 26.7 Å². The average molecular weight is 243 g/mol. The van der Waals surface area contributed by atoms with Crippen LogP contribution in [0.4, 0.5) is 5.69 Å². The van der Waals surface area contributed by atoms with Gasteiger partial charge in [0.05, 0.1) is 6.07 Å². The summed E-state index contributed by atoms with van der Waals surface area (Å²) < 4.78 is 0. The van der Waals surface area contributed by atoms with E-state index in [0.717, 1.165) is 13.1 Å². The molecule has 0 heterocycles. The Balaban J connectivity index is 2.06. The van der Waals surface area contributed by atoms with Gasteiger partial charge in [0.2, 0.25) is 0 Å². The standard InChI is InChI=1S/C15H21N3/c1-3-18(14-7-5-4-6-8-14)12-15(2,11-16)17-13-9-10-13/h4-8,13,17H,3,9-10,12H2,1-2H3. The summed E-state index contributed by atoms with van der Waals surface area (Å²) >= 11 is 0. The van der Waals surface area contributed by atoms with Gasteiger partial charge in [-0.3, -0.25) is 5.32 Å². The highest BCUT2D eigenvalue weighted by Crippen LogP contribution is 2.24. The van der Waals surface area contributed by atoms with E-state index < -0.39 is 5.54 Å². The molecule has 1 aliphatic rings. The minimum Gasteiger partial charge on any atom is -0.369 e. The van der Waals surface area contributed by atoms with Gasteiger partial charge in [-0.25, -0.2) is 0 Å². The molecule has 18 heavy (non-hydrogen) atoms. The summed E-state index contributed by atoms with van der Waals surface area (Å²) in [5, 5.41) is 12.9. The van der Waals surface area contributed by atoms with Gasteiger partial charge in [-0.05, 0) is 38.8 Å². The first-order valence-electron chi connectivity index (χ1n) is 6.66. The first-order valence-corrected chi connectivity index (χ1v) is 6.66. The van der Waals surface area contributed by atoms with Crippen molar-refractivity contribution in [2.75, 3.05) is 18.0 Å². The molecule has 0 amide bonds. The highest BCUT2D eigenvalue weighted by atomic mass is 15.2. The third-order valence-electron chi connectivity index (χ3n) is 3.36. The molecule has 3 heteroatoms. The number of para-hydroxylation sites is 1. The van der Waals surface area contributed by atoms with Crippen LogP contribution in [0.2, 0.25) is 0 Å². The average Bonchev–Trinajstić information content (AvgIpc) is 3.21. The molecule has 0 bridgehead atoms. The van der Waals surface area contributed by atoms with Gasteiger partial charge in [-0.15, -0.1) is 0 Å². The van der Waals surface area contributed by atoms with Crippen molar-refractivity contribution in [3.8, 4) is 6.07 Å². The lowest BCUT2D eigenvalue weighted by Gasteiger charge is -2.32. The number of nitrogens with one attached hydrogen (secondary N) is 1. The lowest BCUT2D eigenvalue weighted by atomic mass is 10.0. The molecular weight excluding hydrogens is 222 g/mol. The minimum atomic E-state index is -0.465. The van der Waals surface area contributed by atoms with Crippen LogP contribution in [0.5, 0.6) is 0 Å². The first-order chi connectivity index (χ1) is 8.67. The summed E-state index contributed by atoms with van der Waals surface area (Å²) in [4.78, 5) is 2.25. The maximum atomic E-state index is 9.41. The molecule has 96 valence electrons. The van der Waals surface area contributed by atoms with Crippen LogP contribution < -0.4 is 10.2 Å².